The van der Waals surface area contributed by atoms with E-state index in [2.05, 4.69) is 135 Å². The molecule has 2 N–H and O–H groups in total. The van der Waals surface area contributed by atoms with Gasteiger partial charge in [0, 0.05) is 22.8 Å². The van der Waals surface area contributed by atoms with E-state index in [0.29, 0.717) is 6.42 Å². The van der Waals surface area contributed by atoms with E-state index in [9.17, 15) is 10.2 Å². The smallest absolute Gasteiger partial charge is 0.121 e. The van der Waals surface area contributed by atoms with Crippen LogP contribution >= 0.6 is 0 Å². The molecular formula is C40H54O3. The van der Waals surface area contributed by atoms with Crippen LogP contribution in [0.25, 0.3) is 0 Å². The molecule has 232 valence electrons. The third-order valence-electron chi connectivity index (χ3n) is 9.12. The zero-order valence-corrected chi connectivity index (χ0v) is 28.2. The molecule has 1 aliphatic heterocycles. The average Bonchev–Trinajstić information content (AvgIpc) is 3.49. The van der Waals surface area contributed by atoms with Crippen LogP contribution in [0.15, 0.2) is 106 Å². The Kier molecular flexibility index (Phi) is 11.1. The SMILES string of the molecule is CC1=C(C#C/C(C)=C/C=C/C(C)=C/C=C/C=C(C)/C=C/C=C(C)/C=C\[C@@]23O[C@]2(C)C[C@@H](O)CC3(C)C)C(C)(C)C[C@H](O)C1. The molecule has 1 saturated heterocycles. The molecule has 0 aromatic rings. The molecule has 1 saturated carbocycles. The third kappa shape index (κ3) is 8.82. The minimum atomic E-state index is -0.294. The van der Waals surface area contributed by atoms with Crippen molar-refractivity contribution in [3.05, 3.63) is 106 Å². The number of rotatable bonds is 8. The van der Waals surface area contributed by atoms with E-state index in [1.807, 2.05) is 19.1 Å². The molecule has 2 fully saturated rings. The highest BCUT2D eigenvalue weighted by Crippen LogP contribution is 2.66. The summed E-state index contributed by atoms with van der Waals surface area (Å²) >= 11 is 0. The Morgan fingerprint density at radius 3 is 1.88 bits per heavy atom. The van der Waals surface area contributed by atoms with E-state index in [0.717, 1.165) is 30.4 Å². The van der Waals surface area contributed by atoms with Gasteiger partial charge in [0.2, 0.25) is 0 Å². The van der Waals surface area contributed by atoms with Crippen LogP contribution < -0.4 is 0 Å². The minimum Gasteiger partial charge on any atom is -0.393 e. The van der Waals surface area contributed by atoms with Gasteiger partial charge in [0.05, 0.1) is 12.2 Å². The molecule has 43 heavy (non-hydrogen) atoms. The zero-order chi connectivity index (χ0) is 32.1. The normalized spacial score (nSPS) is 31.7. The van der Waals surface area contributed by atoms with Crippen molar-refractivity contribution < 1.29 is 14.9 Å². The summed E-state index contributed by atoms with van der Waals surface area (Å²) < 4.78 is 6.24. The quantitative estimate of drug-likeness (QED) is 0.170. The molecule has 0 aromatic carbocycles. The molecular weight excluding hydrogens is 528 g/mol. The maximum absolute atomic E-state index is 10.2. The lowest BCUT2D eigenvalue weighted by atomic mass is 9.63. The van der Waals surface area contributed by atoms with Crippen molar-refractivity contribution in [2.24, 2.45) is 10.8 Å². The van der Waals surface area contributed by atoms with Crippen molar-refractivity contribution in [2.45, 2.75) is 118 Å². The summed E-state index contributed by atoms with van der Waals surface area (Å²) in [4.78, 5) is 0. The number of fused-ring (bicyclic) bond motifs is 1. The van der Waals surface area contributed by atoms with Gasteiger partial charge in [0.15, 0.2) is 0 Å². The lowest BCUT2D eigenvalue weighted by molar-refractivity contribution is 0.0515. The summed E-state index contributed by atoms with van der Waals surface area (Å²) in [6.45, 7) is 21.2. The first-order valence-corrected chi connectivity index (χ1v) is 15.7. The molecule has 1 heterocycles. The molecule has 3 aliphatic rings. The summed E-state index contributed by atoms with van der Waals surface area (Å²) in [5, 5.41) is 20.3. The third-order valence-corrected chi connectivity index (χ3v) is 9.12. The van der Waals surface area contributed by atoms with Crippen LogP contribution in [0.3, 0.4) is 0 Å². The highest BCUT2D eigenvalue weighted by molar-refractivity contribution is 5.45. The Balaban J connectivity index is 1.51. The van der Waals surface area contributed by atoms with Crippen molar-refractivity contribution in [1.82, 2.24) is 0 Å². The van der Waals surface area contributed by atoms with E-state index in [4.69, 9.17) is 4.74 Å². The summed E-state index contributed by atoms with van der Waals surface area (Å²) in [6, 6.07) is 0. The first-order chi connectivity index (χ1) is 20.0. The Morgan fingerprint density at radius 2 is 1.30 bits per heavy atom. The van der Waals surface area contributed by atoms with E-state index in [-0.39, 0.29) is 34.2 Å². The topological polar surface area (TPSA) is 53.0 Å². The van der Waals surface area contributed by atoms with Crippen LogP contribution in [-0.2, 0) is 4.74 Å². The molecule has 3 rings (SSSR count). The number of hydrogen-bond donors (Lipinski definition) is 2. The Morgan fingerprint density at radius 1 is 0.744 bits per heavy atom. The Hall–Kier alpha value is -2.90. The van der Waals surface area contributed by atoms with Gasteiger partial charge in [-0.3, -0.25) is 0 Å². The molecule has 0 amide bonds. The predicted molar refractivity (Wildman–Crippen MR) is 182 cm³/mol. The fourth-order valence-corrected chi connectivity index (χ4v) is 6.88. The fraction of sp³-hybridized carbons (Fsp3) is 0.500. The highest BCUT2D eigenvalue weighted by atomic mass is 16.6. The van der Waals surface area contributed by atoms with Gasteiger partial charge in [-0.1, -0.05) is 129 Å². The predicted octanol–water partition coefficient (Wildman–Crippen LogP) is 9.21. The number of aliphatic hydroxyl groups excluding tert-OH is 2. The Labute approximate surface area is 261 Å². The molecule has 0 bridgehead atoms. The number of aliphatic hydroxyl groups is 2. The summed E-state index contributed by atoms with van der Waals surface area (Å²) in [7, 11) is 0. The number of ether oxygens (including phenoxy) is 1. The molecule has 0 spiro atoms. The van der Waals surface area contributed by atoms with Gasteiger partial charge >= 0.3 is 0 Å². The largest absolute Gasteiger partial charge is 0.393 e. The first-order valence-electron chi connectivity index (χ1n) is 15.7. The second-order valence-corrected chi connectivity index (χ2v) is 14.4. The van der Waals surface area contributed by atoms with Gasteiger partial charge < -0.3 is 14.9 Å². The monoisotopic (exact) mass is 582 g/mol. The number of allylic oxidation sites excluding steroid dienone is 16. The Bertz CT molecular complexity index is 1390. The molecule has 3 nitrogen and oxygen atoms in total. The van der Waals surface area contributed by atoms with Crippen molar-refractivity contribution in [3.63, 3.8) is 0 Å². The second-order valence-electron chi connectivity index (χ2n) is 14.4. The number of epoxide rings is 1. The summed E-state index contributed by atoms with van der Waals surface area (Å²) in [6.07, 6.45) is 27.5. The number of hydrogen-bond acceptors (Lipinski definition) is 3. The van der Waals surface area contributed by atoms with Crippen molar-refractivity contribution in [2.75, 3.05) is 0 Å². The van der Waals surface area contributed by atoms with Crippen LogP contribution in [0.2, 0.25) is 0 Å². The standard InChI is InChI=1S/C40H54O3/c1-29(17-13-19-31(3)21-22-36-33(5)25-34(41)26-37(36,6)7)15-11-12-16-30(2)18-14-20-32(4)23-24-40-38(8,9)27-35(42)28-39(40,10)43-40/h11-20,23-24,34-35,41-42H,25-28H2,1-10H3/b12-11+,17-13+,18-14+,24-23-,29-15+,30-16+,31-19+,32-20+/t34-,35+,39-,40+/m1/s1. The van der Waals surface area contributed by atoms with Crippen molar-refractivity contribution in [1.29, 1.82) is 0 Å². The minimum absolute atomic E-state index is 0.0842. The van der Waals surface area contributed by atoms with Gasteiger partial charge in [0.25, 0.3) is 0 Å². The van der Waals surface area contributed by atoms with Crippen molar-refractivity contribution >= 4 is 0 Å². The molecule has 0 unspecified atom stereocenters. The van der Waals surface area contributed by atoms with Gasteiger partial charge in [0.1, 0.15) is 11.2 Å². The van der Waals surface area contributed by atoms with E-state index in [1.165, 1.54) is 22.3 Å². The van der Waals surface area contributed by atoms with Crippen LogP contribution in [0.5, 0.6) is 0 Å². The van der Waals surface area contributed by atoms with Gasteiger partial charge in [-0.2, -0.15) is 0 Å². The molecule has 0 aromatic heterocycles. The maximum atomic E-state index is 10.2. The summed E-state index contributed by atoms with van der Waals surface area (Å²) in [5.41, 5.74) is 6.13. The zero-order valence-electron chi connectivity index (χ0n) is 28.2. The van der Waals surface area contributed by atoms with Crippen LogP contribution in [0, 0.1) is 22.7 Å². The van der Waals surface area contributed by atoms with Crippen LogP contribution in [0.1, 0.15) is 94.9 Å². The lowest BCUT2D eigenvalue weighted by Gasteiger charge is -2.39. The molecule has 2 aliphatic carbocycles. The molecule has 3 heteroatoms. The second kappa shape index (κ2) is 13.8. The van der Waals surface area contributed by atoms with Crippen molar-refractivity contribution in [3.8, 4) is 11.8 Å². The van der Waals surface area contributed by atoms with Gasteiger partial charge in [-0.15, -0.1) is 0 Å². The highest BCUT2D eigenvalue weighted by Gasteiger charge is 2.74. The maximum Gasteiger partial charge on any atom is 0.121 e. The fourth-order valence-electron chi connectivity index (χ4n) is 6.88. The van der Waals surface area contributed by atoms with Gasteiger partial charge in [-0.05, 0) is 72.5 Å². The van der Waals surface area contributed by atoms with E-state index in [1.54, 1.807) is 0 Å². The van der Waals surface area contributed by atoms with Crippen LogP contribution in [0.4, 0.5) is 0 Å². The first kappa shape index (κ1) is 34.6. The van der Waals surface area contributed by atoms with Crippen LogP contribution in [-0.4, -0.2) is 33.6 Å². The lowest BCUT2D eigenvalue weighted by Crippen LogP contribution is -2.46. The molecule has 0 radical (unpaired) electrons. The van der Waals surface area contributed by atoms with Gasteiger partial charge in [-0.25, -0.2) is 0 Å². The average molecular weight is 583 g/mol. The molecule has 4 atom stereocenters. The van der Waals surface area contributed by atoms with E-state index < -0.39 is 0 Å². The van der Waals surface area contributed by atoms with E-state index >= 15 is 0 Å². The summed E-state index contributed by atoms with van der Waals surface area (Å²) in [5.74, 6) is 6.68.